The highest BCUT2D eigenvalue weighted by molar-refractivity contribution is 5.84. The molecule has 0 amide bonds. The number of carbonyl (C=O) groups is 2. The standard InChI is InChI=1S/C20H34O3/c1-17(21)19(13-14-19)11-9-7-5-3-2-4-6-8-10-12-20(15-16-20)18(22)23/h2-16H2,1H3,(H,22,23). The SMILES string of the molecule is CC(=O)C1(CCCCCCCCCCCC2(C(=O)O)CC2)CC1. The molecule has 0 spiro atoms. The maximum atomic E-state index is 11.5. The zero-order valence-corrected chi connectivity index (χ0v) is 14.9. The second-order valence-electron chi connectivity index (χ2n) is 8.10. The molecule has 2 aliphatic carbocycles. The monoisotopic (exact) mass is 322 g/mol. The number of carboxylic acids is 1. The van der Waals surface area contributed by atoms with E-state index in [1.165, 1.54) is 51.4 Å². The van der Waals surface area contributed by atoms with E-state index in [4.69, 9.17) is 5.11 Å². The van der Waals surface area contributed by atoms with E-state index >= 15 is 0 Å². The smallest absolute Gasteiger partial charge is 0.309 e. The molecule has 2 aliphatic rings. The van der Waals surface area contributed by atoms with Crippen molar-refractivity contribution in [2.45, 2.75) is 103 Å². The first kappa shape index (κ1) is 18.5. The Hall–Kier alpha value is -0.860. The van der Waals surface area contributed by atoms with Gasteiger partial charge in [0.25, 0.3) is 0 Å². The lowest BCUT2D eigenvalue weighted by molar-refractivity contribution is -0.143. The van der Waals surface area contributed by atoms with Crippen LogP contribution in [0.2, 0.25) is 0 Å². The molecule has 23 heavy (non-hydrogen) atoms. The van der Waals surface area contributed by atoms with Crippen LogP contribution < -0.4 is 0 Å². The maximum Gasteiger partial charge on any atom is 0.309 e. The molecule has 1 N–H and O–H groups in total. The second-order valence-corrected chi connectivity index (χ2v) is 8.10. The minimum Gasteiger partial charge on any atom is -0.481 e. The number of Topliss-reactive ketones (excluding diaryl/α,β-unsaturated/α-hetero) is 1. The van der Waals surface area contributed by atoms with Gasteiger partial charge in [-0.1, -0.05) is 57.8 Å². The van der Waals surface area contributed by atoms with Gasteiger partial charge in [0.15, 0.2) is 0 Å². The molecule has 0 aromatic rings. The van der Waals surface area contributed by atoms with Crippen molar-refractivity contribution in [3.8, 4) is 0 Å². The van der Waals surface area contributed by atoms with Gasteiger partial charge in [0.05, 0.1) is 5.41 Å². The highest BCUT2D eigenvalue weighted by Crippen LogP contribution is 2.51. The second kappa shape index (κ2) is 8.30. The number of hydrogen-bond acceptors (Lipinski definition) is 2. The number of carbonyl (C=O) groups excluding carboxylic acids is 1. The molecule has 0 saturated heterocycles. The minimum absolute atomic E-state index is 0.106. The topological polar surface area (TPSA) is 54.4 Å². The van der Waals surface area contributed by atoms with Crippen molar-refractivity contribution in [3.05, 3.63) is 0 Å². The molecule has 3 heteroatoms. The van der Waals surface area contributed by atoms with Crippen molar-refractivity contribution in [1.29, 1.82) is 0 Å². The highest BCUT2D eigenvalue weighted by Gasteiger charge is 2.49. The van der Waals surface area contributed by atoms with Crippen molar-refractivity contribution < 1.29 is 14.7 Å². The summed E-state index contributed by atoms with van der Waals surface area (Å²) >= 11 is 0. The summed E-state index contributed by atoms with van der Waals surface area (Å²) in [5.74, 6) is -0.163. The zero-order chi connectivity index (χ0) is 16.8. The van der Waals surface area contributed by atoms with Crippen molar-refractivity contribution in [3.63, 3.8) is 0 Å². The summed E-state index contributed by atoms with van der Waals surface area (Å²) in [5.41, 5.74) is -0.215. The molecule has 0 unspecified atom stereocenters. The molecule has 0 aromatic carbocycles. The first-order valence-corrected chi connectivity index (χ1v) is 9.75. The van der Waals surface area contributed by atoms with Crippen molar-refractivity contribution >= 4 is 11.8 Å². The molecule has 0 radical (unpaired) electrons. The Morgan fingerprint density at radius 2 is 1.04 bits per heavy atom. The van der Waals surface area contributed by atoms with Crippen LogP contribution in [0.25, 0.3) is 0 Å². The Labute approximate surface area is 141 Å². The number of unbranched alkanes of at least 4 members (excludes halogenated alkanes) is 8. The van der Waals surface area contributed by atoms with Gasteiger partial charge in [0.2, 0.25) is 0 Å². The van der Waals surface area contributed by atoms with E-state index in [0.29, 0.717) is 5.78 Å². The van der Waals surface area contributed by atoms with Crippen molar-refractivity contribution in [2.24, 2.45) is 10.8 Å². The van der Waals surface area contributed by atoms with Crippen LogP contribution in [-0.2, 0) is 9.59 Å². The fraction of sp³-hybridized carbons (Fsp3) is 0.900. The third-order valence-corrected chi connectivity index (χ3v) is 6.22. The van der Waals surface area contributed by atoms with Gasteiger partial charge < -0.3 is 5.11 Å². The Balaban J connectivity index is 1.34. The normalized spacial score (nSPS) is 20.2. The van der Waals surface area contributed by atoms with Crippen LogP contribution in [-0.4, -0.2) is 16.9 Å². The first-order chi connectivity index (χ1) is 11.0. The van der Waals surface area contributed by atoms with Gasteiger partial charge in [-0.2, -0.15) is 0 Å². The Morgan fingerprint density at radius 3 is 1.35 bits per heavy atom. The number of rotatable bonds is 14. The fourth-order valence-electron chi connectivity index (χ4n) is 3.81. The number of ketones is 1. The largest absolute Gasteiger partial charge is 0.481 e. The molecule has 0 bridgehead atoms. The zero-order valence-electron chi connectivity index (χ0n) is 14.9. The van der Waals surface area contributed by atoms with Gasteiger partial charge in [-0.05, 0) is 45.4 Å². The Kier molecular flexibility index (Phi) is 6.67. The fourth-order valence-corrected chi connectivity index (χ4v) is 3.81. The van der Waals surface area contributed by atoms with Crippen LogP contribution in [0, 0.1) is 10.8 Å². The van der Waals surface area contributed by atoms with Crippen molar-refractivity contribution in [1.82, 2.24) is 0 Å². The molecule has 2 saturated carbocycles. The van der Waals surface area contributed by atoms with Gasteiger partial charge in [0, 0.05) is 5.41 Å². The van der Waals surface area contributed by atoms with Crippen LogP contribution >= 0.6 is 0 Å². The van der Waals surface area contributed by atoms with Crippen LogP contribution in [0.3, 0.4) is 0 Å². The third-order valence-electron chi connectivity index (χ3n) is 6.22. The lowest BCUT2D eigenvalue weighted by Gasteiger charge is -2.10. The third kappa shape index (κ3) is 5.61. The van der Waals surface area contributed by atoms with E-state index in [9.17, 15) is 9.59 Å². The average Bonchev–Trinajstić information content (AvgIpc) is 3.39. The number of hydrogen-bond donors (Lipinski definition) is 1. The van der Waals surface area contributed by atoms with E-state index in [1.54, 1.807) is 6.92 Å². The molecule has 2 rings (SSSR count). The summed E-state index contributed by atoms with van der Waals surface area (Å²) in [7, 11) is 0. The lowest BCUT2D eigenvalue weighted by Crippen LogP contribution is -2.14. The van der Waals surface area contributed by atoms with Crippen molar-refractivity contribution in [2.75, 3.05) is 0 Å². The average molecular weight is 322 g/mol. The number of aliphatic carboxylic acids is 1. The van der Waals surface area contributed by atoms with E-state index in [1.807, 2.05) is 0 Å². The molecule has 0 atom stereocenters. The van der Waals surface area contributed by atoms with Gasteiger partial charge in [0.1, 0.15) is 5.78 Å². The Morgan fingerprint density at radius 1 is 0.696 bits per heavy atom. The van der Waals surface area contributed by atoms with Crippen LogP contribution in [0.15, 0.2) is 0 Å². The summed E-state index contributed by atoms with van der Waals surface area (Å²) in [5, 5.41) is 9.11. The predicted octanol–water partition coefficient (Wildman–Crippen LogP) is 5.51. The van der Waals surface area contributed by atoms with Crippen LogP contribution in [0.1, 0.15) is 103 Å². The van der Waals surface area contributed by atoms with Gasteiger partial charge in [-0.3, -0.25) is 9.59 Å². The summed E-state index contributed by atoms with van der Waals surface area (Å²) in [6.07, 6.45) is 17.3. The van der Waals surface area contributed by atoms with Gasteiger partial charge in [-0.25, -0.2) is 0 Å². The molecule has 3 nitrogen and oxygen atoms in total. The molecule has 132 valence electrons. The molecule has 0 aliphatic heterocycles. The maximum absolute atomic E-state index is 11.5. The van der Waals surface area contributed by atoms with Gasteiger partial charge >= 0.3 is 5.97 Å². The summed E-state index contributed by atoms with van der Waals surface area (Å²) in [6, 6.07) is 0. The van der Waals surface area contributed by atoms with E-state index < -0.39 is 5.97 Å². The quantitative estimate of drug-likeness (QED) is 0.429. The number of carboxylic acid groups (broad SMARTS) is 1. The van der Waals surface area contributed by atoms with Crippen LogP contribution in [0.4, 0.5) is 0 Å². The summed E-state index contributed by atoms with van der Waals surface area (Å²) < 4.78 is 0. The van der Waals surface area contributed by atoms with Gasteiger partial charge in [-0.15, -0.1) is 0 Å². The molecule has 2 fully saturated rings. The highest BCUT2D eigenvalue weighted by atomic mass is 16.4. The van der Waals surface area contributed by atoms with E-state index in [0.717, 1.165) is 44.9 Å². The Bertz CT molecular complexity index is 367. The summed E-state index contributed by atoms with van der Waals surface area (Å²) in [4.78, 5) is 22.5. The van der Waals surface area contributed by atoms with E-state index in [-0.39, 0.29) is 10.8 Å². The first-order valence-electron chi connectivity index (χ1n) is 9.75. The van der Waals surface area contributed by atoms with E-state index in [2.05, 4.69) is 0 Å². The molecule has 0 aromatic heterocycles. The van der Waals surface area contributed by atoms with Crippen LogP contribution in [0.5, 0.6) is 0 Å². The molecule has 0 heterocycles. The molecular weight excluding hydrogens is 288 g/mol. The lowest BCUT2D eigenvalue weighted by atomic mass is 9.94. The molecular formula is C20H34O3. The minimum atomic E-state index is -0.574. The summed E-state index contributed by atoms with van der Waals surface area (Å²) in [6.45, 7) is 1.76. The predicted molar refractivity (Wildman–Crippen MR) is 92.4 cm³/mol.